The summed E-state index contributed by atoms with van der Waals surface area (Å²) in [7, 11) is 0. The maximum atomic E-state index is 6.15. The van der Waals surface area contributed by atoms with Crippen molar-refractivity contribution in [3.05, 3.63) is 57.8 Å². The second-order valence-corrected chi connectivity index (χ2v) is 5.82. The fourth-order valence-corrected chi connectivity index (χ4v) is 2.75. The van der Waals surface area contributed by atoms with Gasteiger partial charge in [-0.15, -0.1) is 0 Å². The molecular weight excluding hydrogens is 305 g/mol. The van der Waals surface area contributed by atoms with Crippen LogP contribution in [0.4, 0.5) is 0 Å². The predicted molar refractivity (Wildman–Crippen MR) is 88.1 cm³/mol. The molecule has 2 N–H and O–H groups in total. The summed E-state index contributed by atoms with van der Waals surface area (Å²) >= 11 is 12.2. The molecule has 0 bridgehead atoms. The number of nitrogens with zero attached hydrogens (tertiary/aromatic N) is 2. The van der Waals surface area contributed by atoms with Gasteiger partial charge in [0.1, 0.15) is 5.65 Å². The molecule has 0 saturated carbocycles. The summed E-state index contributed by atoms with van der Waals surface area (Å²) < 4.78 is 2.07. The van der Waals surface area contributed by atoms with Crippen LogP contribution in [0.2, 0.25) is 10.0 Å². The van der Waals surface area contributed by atoms with Crippen molar-refractivity contribution in [3.8, 4) is 11.3 Å². The van der Waals surface area contributed by atoms with Gasteiger partial charge in [0.2, 0.25) is 0 Å². The Morgan fingerprint density at radius 2 is 1.95 bits per heavy atom. The minimum atomic E-state index is 0.537. The Hall–Kier alpha value is -1.55. The van der Waals surface area contributed by atoms with Gasteiger partial charge in [-0.2, -0.15) is 0 Å². The lowest BCUT2D eigenvalue weighted by Gasteiger charge is -2.07. The molecule has 0 atom stereocenters. The van der Waals surface area contributed by atoms with Gasteiger partial charge in [0, 0.05) is 18.2 Å². The lowest BCUT2D eigenvalue weighted by Crippen LogP contribution is -2.04. The maximum Gasteiger partial charge on any atom is 0.137 e. The molecule has 0 saturated heterocycles. The van der Waals surface area contributed by atoms with Crippen LogP contribution in [-0.2, 0) is 6.42 Å². The number of aryl methyl sites for hydroxylation is 1. The summed E-state index contributed by atoms with van der Waals surface area (Å²) in [6.45, 7) is 2.60. The average Bonchev–Trinajstić information content (AvgIpc) is 2.79. The van der Waals surface area contributed by atoms with Crippen molar-refractivity contribution >= 4 is 28.8 Å². The molecule has 0 fully saturated rings. The summed E-state index contributed by atoms with van der Waals surface area (Å²) in [5.74, 6) is 0. The zero-order chi connectivity index (χ0) is 15.0. The number of hydrogen-bond donors (Lipinski definition) is 1. The number of hydrogen-bond acceptors (Lipinski definition) is 2. The van der Waals surface area contributed by atoms with Crippen LogP contribution in [-0.4, -0.2) is 15.9 Å². The van der Waals surface area contributed by atoms with Gasteiger partial charge in [0.25, 0.3) is 0 Å². The van der Waals surface area contributed by atoms with E-state index in [1.165, 1.54) is 5.56 Å². The Balaban J connectivity index is 2.27. The van der Waals surface area contributed by atoms with Crippen LogP contribution in [0.5, 0.6) is 0 Å². The first-order valence-corrected chi connectivity index (χ1v) is 7.49. The highest BCUT2D eigenvalue weighted by Gasteiger charge is 2.14. The molecule has 0 aliphatic rings. The lowest BCUT2D eigenvalue weighted by atomic mass is 10.1. The Kier molecular flexibility index (Phi) is 3.89. The highest BCUT2D eigenvalue weighted by Crippen LogP contribution is 2.31. The third-order valence-electron chi connectivity index (χ3n) is 3.43. The smallest absolute Gasteiger partial charge is 0.137 e. The molecular formula is C16H15Cl2N3. The van der Waals surface area contributed by atoms with Gasteiger partial charge in [-0.25, -0.2) is 4.98 Å². The quantitative estimate of drug-likeness (QED) is 0.789. The number of nitrogens with two attached hydrogens (primary N) is 1. The summed E-state index contributed by atoms with van der Waals surface area (Å²) in [5.41, 5.74) is 10.8. The number of imidazole rings is 1. The van der Waals surface area contributed by atoms with E-state index in [9.17, 15) is 0 Å². The lowest BCUT2D eigenvalue weighted by molar-refractivity contribution is 0.939. The first-order valence-electron chi connectivity index (χ1n) is 6.73. The largest absolute Gasteiger partial charge is 0.330 e. The van der Waals surface area contributed by atoms with Crippen molar-refractivity contribution in [3.63, 3.8) is 0 Å². The van der Waals surface area contributed by atoms with E-state index >= 15 is 0 Å². The Morgan fingerprint density at radius 1 is 1.14 bits per heavy atom. The number of rotatable bonds is 3. The summed E-state index contributed by atoms with van der Waals surface area (Å²) in [4.78, 5) is 4.70. The Morgan fingerprint density at radius 3 is 2.67 bits per heavy atom. The van der Waals surface area contributed by atoms with Crippen molar-refractivity contribution in [2.45, 2.75) is 13.3 Å². The number of pyridine rings is 1. The average molecular weight is 320 g/mol. The number of fused-ring (bicyclic) bond motifs is 1. The standard InChI is InChI=1S/C16H15Cl2N3/c1-10-5-7-21-15(8-10)20-14(4-6-19)16(21)11-2-3-12(17)13(18)9-11/h2-3,5,7-9H,4,6,19H2,1H3. The monoisotopic (exact) mass is 319 g/mol. The zero-order valence-electron chi connectivity index (χ0n) is 11.6. The van der Waals surface area contributed by atoms with Crippen LogP contribution >= 0.6 is 23.2 Å². The molecule has 0 spiro atoms. The van der Waals surface area contributed by atoms with Gasteiger partial charge in [0.15, 0.2) is 0 Å². The van der Waals surface area contributed by atoms with Crippen LogP contribution in [0, 0.1) is 6.92 Å². The van der Waals surface area contributed by atoms with Crippen molar-refractivity contribution in [2.24, 2.45) is 5.73 Å². The third-order valence-corrected chi connectivity index (χ3v) is 4.17. The molecule has 0 aliphatic carbocycles. The summed E-state index contributed by atoms with van der Waals surface area (Å²) in [5, 5.41) is 1.08. The van der Waals surface area contributed by atoms with Crippen molar-refractivity contribution in [2.75, 3.05) is 6.54 Å². The van der Waals surface area contributed by atoms with Gasteiger partial charge < -0.3 is 5.73 Å². The number of benzene rings is 1. The molecule has 1 aromatic carbocycles. The Labute approximate surface area is 133 Å². The normalized spacial score (nSPS) is 11.2. The van der Waals surface area contributed by atoms with Crippen LogP contribution < -0.4 is 5.73 Å². The topological polar surface area (TPSA) is 43.3 Å². The van der Waals surface area contributed by atoms with E-state index in [0.717, 1.165) is 29.0 Å². The first kappa shape index (κ1) is 14.4. The Bertz CT molecular complexity index is 809. The maximum absolute atomic E-state index is 6.15. The van der Waals surface area contributed by atoms with Crippen molar-refractivity contribution in [1.29, 1.82) is 0 Å². The second kappa shape index (κ2) is 5.68. The molecule has 0 aliphatic heterocycles. The molecule has 0 radical (unpaired) electrons. The number of halogens is 2. The van der Waals surface area contributed by atoms with E-state index < -0.39 is 0 Å². The molecule has 21 heavy (non-hydrogen) atoms. The summed E-state index contributed by atoms with van der Waals surface area (Å²) in [6, 6.07) is 9.74. The van der Waals surface area contributed by atoms with E-state index in [2.05, 4.69) is 23.5 Å². The zero-order valence-corrected chi connectivity index (χ0v) is 13.1. The third kappa shape index (κ3) is 2.64. The highest BCUT2D eigenvalue weighted by atomic mass is 35.5. The van der Waals surface area contributed by atoms with E-state index in [1.807, 2.05) is 18.3 Å². The number of aromatic nitrogens is 2. The second-order valence-electron chi connectivity index (χ2n) is 5.01. The van der Waals surface area contributed by atoms with Crippen molar-refractivity contribution < 1.29 is 0 Å². The van der Waals surface area contributed by atoms with Gasteiger partial charge in [-0.05, 0) is 43.3 Å². The van der Waals surface area contributed by atoms with Gasteiger partial charge in [0.05, 0.1) is 21.4 Å². The van der Waals surface area contributed by atoms with Gasteiger partial charge in [-0.1, -0.05) is 29.3 Å². The van der Waals surface area contributed by atoms with Gasteiger partial charge in [-0.3, -0.25) is 4.40 Å². The van der Waals surface area contributed by atoms with E-state index in [4.69, 9.17) is 33.9 Å². The molecule has 0 amide bonds. The molecule has 108 valence electrons. The SMILES string of the molecule is Cc1ccn2c(-c3ccc(Cl)c(Cl)c3)c(CCN)nc2c1. The van der Waals surface area contributed by atoms with Crippen molar-refractivity contribution in [1.82, 2.24) is 9.38 Å². The molecule has 3 rings (SSSR count). The molecule has 0 unspecified atom stereocenters. The molecule has 2 aromatic heterocycles. The minimum Gasteiger partial charge on any atom is -0.330 e. The van der Waals surface area contributed by atoms with Crippen LogP contribution in [0.15, 0.2) is 36.5 Å². The molecule has 3 nitrogen and oxygen atoms in total. The predicted octanol–water partition coefficient (Wildman–Crippen LogP) is 4.12. The summed E-state index contributed by atoms with van der Waals surface area (Å²) in [6.07, 6.45) is 2.74. The fraction of sp³-hybridized carbons (Fsp3) is 0.188. The van der Waals surface area contributed by atoms with Gasteiger partial charge >= 0.3 is 0 Å². The van der Waals surface area contributed by atoms with Crippen LogP contribution in [0.3, 0.4) is 0 Å². The molecule has 5 heteroatoms. The molecule has 2 heterocycles. The molecule has 3 aromatic rings. The first-order chi connectivity index (χ1) is 10.1. The van der Waals surface area contributed by atoms with E-state index in [1.54, 1.807) is 6.07 Å². The van der Waals surface area contributed by atoms with E-state index in [-0.39, 0.29) is 0 Å². The fourth-order valence-electron chi connectivity index (χ4n) is 2.46. The van der Waals surface area contributed by atoms with Crippen LogP contribution in [0.25, 0.3) is 16.9 Å². The minimum absolute atomic E-state index is 0.537. The highest BCUT2D eigenvalue weighted by molar-refractivity contribution is 6.42. The van der Waals surface area contributed by atoms with E-state index in [0.29, 0.717) is 16.6 Å². The van der Waals surface area contributed by atoms with Crippen LogP contribution in [0.1, 0.15) is 11.3 Å².